The summed E-state index contributed by atoms with van der Waals surface area (Å²) in [6, 6.07) is 3.29. The first kappa shape index (κ1) is 10.8. The lowest BCUT2D eigenvalue weighted by molar-refractivity contribution is 0.189. The van der Waals surface area contributed by atoms with Crippen LogP contribution >= 0.6 is 0 Å². The highest BCUT2D eigenvalue weighted by Gasteiger charge is 2.11. The van der Waals surface area contributed by atoms with E-state index in [2.05, 4.69) is 0 Å². The Hall–Kier alpha value is -1.25. The van der Waals surface area contributed by atoms with Crippen LogP contribution in [0.2, 0.25) is 0 Å². The Balaban J connectivity index is 3.17. The van der Waals surface area contributed by atoms with Crippen molar-refractivity contribution in [1.29, 1.82) is 0 Å². The Kier molecular flexibility index (Phi) is 3.33. The number of halogens is 1. The number of phenolic OH excluding ortho intramolecular Hbond substituents is 1. The predicted molar refractivity (Wildman–Crippen MR) is 53.5 cm³/mol. The molecule has 0 aromatic heterocycles. The van der Waals surface area contributed by atoms with Crippen LogP contribution in [-0.2, 0) is 0 Å². The third-order valence-electron chi connectivity index (χ3n) is 2.16. The van der Waals surface area contributed by atoms with Gasteiger partial charge in [0.2, 0.25) is 6.86 Å². The summed E-state index contributed by atoms with van der Waals surface area (Å²) in [4.78, 5) is 0. The summed E-state index contributed by atoms with van der Waals surface area (Å²) in [7, 11) is 0. The van der Waals surface area contributed by atoms with Gasteiger partial charge in [0.25, 0.3) is 0 Å². The van der Waals surface area contributed by atoms with Gasteiger partial charge in [0.1, 0.15) is 11.5 Å². The van der Waals surface area contributed by atoms with Crippen LogP contribution in [-0.4, -0.2) is 12.0 Å². The fraction of sp³-hybridized carbons (Fsp3) is 0.455. The third-order valence-corrected chi connectivity index (χ3v) is 2.16. The first-order chi connectivity index (χ1) is 6.56. The highest BCUT2D eigenvalue weighted by Crippen LogP contribution is 2.32. The Bertz CT molecular complexity index is 321. The Morgan fingerprint density at radius 1 is 1.43 bits per heavy atom. The molecule has 0 heterocycles. The molecular formula is C11H15FO2. The fourth-order valence-corrected chi connectivity index (χ4v) is 1.32. The molecule has 0 fully saturated rings. The maximum atomic E-state index is 12.1. The van der Waals surface area contributed by atoms with Crippen LogP contribution in [0.3, 0.4) is 0 Å². The molecule has 1 N–H and O–H groups in total. The van der Waals surface area contributed by atoms with E-state index in [1.54, 1.807) is 19.1 Å². The summed E-state index contributed by atoms with van der Waals surface area (Å²) in [5, 5.41) is 9.49. The summed E-state index contributed by atoms with van der Waals surface area (Å²) in [6.45, 7) is 4.85. The highest BCUT2D eigenvalue weighted by molar-refractivity contribution is 5.46. The lowest BCUT2D eigenvalue weighted by Crippen LogP contribution is -1.98. The number of benzene rings is 1. The second kappa shape index (κ2) is 4.31. The smallest absolute Gasteiger partial charge is 0.228 e. The fourth-order valence-electron chi connectivity index (χ4n) is 1.32. The molecule has 14 heavy (non-hydrogen) atoms. The van der Waals surface area contributed by atoms with Crippen LogP contribution < -0.4 is 4.74 Å². The van der Waals surface area contributed by atoms with Gasteiger partial charge in [0.15, 0.2) is 0 Å². The molecular weight excluding hydrogens is 183 g/mol. The zero-order valence-electron chi connectivity index (χ0n) is 8.67. The van der Waals surface area contributed by atoms with Crippen LogP contribution in [0.1, 0.15) is 30.9 Å². The van der Waals surface area contributed by atoms with Gasteiger partial charge in [-0.2, -0.15) is 0 Å². The van der Waals surface area contributed by atoms with Crippen molar-refractivity contribution in [1.82, 2.24) is 0 Å². The zero-order valence-corrected chi connectivity index (χ0v) is 8.67. The van der Waals surface area contributed by atoms with Gasteiger partial charge in [0.05, 0.1) is 0 Å². The predicted octanol–water partition coefficient (Wildman–Crippen LogP) is 3.13. The molecule has 78 valence electrons. The maximum absolute atomic E-state index is 12.1. The molecule has 1 rings (SSSR count). The van der Waals surface area contributed by atoms with E-state index in [0.717, 1.165) is 5.56 Å². The number of alkyl halides is 1. The molecule has 0 bridgehead atoms. The molecule has 0 atom stereocenters. The first-order valence-corrected chi connectivity index (χ1v) is 4.58. The molecule has 3 heteroatoms. The van der Waals surface area contributed by atoms with Gasteiger partial charge >= 0.3 is 0 Å². The monoisotopic (exact) mass is 198 g/mol. The van der Waals surface area contributed by atoms with Crippen LogP contribution in [0.25, 0.3) is 0 Å². The summed E-state index contributed by atoms with van der Waals surface area (Å²) in [5.41, 5.74) is 1.52. The van der Waals surface area contributed by atoms with E-state index >= 15 is 0 Å². The minimum Gasteiger partial charge on any atom is -0.508 e. The molecule has 1 aromatic carbocycles. The first-order valence-electron chi connectivity index (χ1n) is 4.58. The quantitative estimate of drug-likeness (QED) is 0.808. The number of rotatable bonds is 3. The van der Waals surface area contributed by atoms with Crippen molar-refractivity contribution >= 4 is 0 Å². The van der Waals surface area contributed by atoms with E-state index < -0.39 is 6.86 Å². The molecule has 0 spiro atoms. The molecule has 2 nitrogen and oxygen atoms in total. The number of aryl methyl sites for hydroxylation is 1. The van der Waals surface area contributed by atoms with Crippen LogP contribution in [0, 0.1) is 6.92 Å². The topological polar surface area (TPSA) is 29.5 Å². The Morgan fingerprint density at radius 3 is 2.57 bits per heavy atom. The molecule has 0 unspecified atom stereocenters. The number of ether oxygens (including phenoxy) is 1. The SMILES string of the molecule is Cc1cc(OCF)c(C(C)C)cc1O. The Morgan fingerprint density at radius 2 is 2.07 bits per heavy atom. The van der Waals surface area contributed by atoms with Gasteiger partial charge in [-0.25, -0.2) is 4.39 Å². The number of hydrogen-bond acceptors (Lipinski definition) is 2. The lowest BCUT2D eigenvalue weighted by atomic mass is 10.00. The standard InChI is InChI=1S/C11H15FO2/c1-7(2)9-5-10(13)8(3)4-11(9)14-6-12/h4-5,7,13H,6H2,1-3H3. The molecule has 0 saturated carbocycles. The maximum Gasteiger partial charge on any atom is 0.228 e. The largest absolute Gasteiger partial charge is 0.508 e. The third kappa shape index (κ3) is 2.16. The zero-order chi connectivity index (χ0) is 10.7. The normalized spacial score (nSPS) is 10.6. The van der Waals surface area contributed by atoms with Crippen molar-refractivity contribution in [3.8, 4) is 11.5 Å². The molecule has 0 aliphatic rings. The summed E-state index contributed by atoms with van der Waals surface area (Å²) in [6.07, 6.45) is 0. The lowest BCUT2D eigenvalue weighted by Gasteiger charge is -2.13. The average molecular weight is 198 g/mol. The second-order valence-corrected chi connectivity index (χ2v) is 3.58. The summed E-state index contributed by atoms with van der Waals surface area (Å²) < 4.78 is 16.9. The van der Waals surface area contributed by atoms with Gasteiger partial charge in [-0.05, 0) is 30.5 Å². The number of aromatic hydroxyl groups is 1. The van der Waals surface area contributed by atoms with E-state index in [1.807, 2.05) is 13.8 Å². The average Bonchev–Trinajstić information content (AvgIpc) is 2.11. The Labute approximate surface area is 83.3 Å². The van der Waals surface area contributed by atoms with Crippen molar-refractivity contribution < 1.29 is 14.2 Å². The van der Waals surface area contributed by atoms with E-state index in [-0.39, 0.29) is 11.7 Å². The summed E-state index contributed by atoms with van der Waals surface area (Å²) in [5.74, 6) is 0.931. The van der Waals surface area contributed by atoms with Gasteiger partial charge in [0, 0.05) is 5.56 Å². The van der Waals surface area contributed by atoms with Crippen molar-refractivity contribution in [3.63, 3.8) is 0 Å². The second-order valence-electron chi connectivity index (χ2n) is 3.58. The van der Waals surface area contributed by atoms with Crippen molar-refractivity contribution in [2.24, 2.45) is 0 Å². The van der Waals surface area contributed by atoms with Gasteiger partial charge in [-0.1, -0.05) is 13.8 Å². The van der Waals surface area contributed by atoms with Crippen LogP contribution in [0.4, 0.5) is 4.39 Å². The number of phenols is 1. The molecule has 0 aliphatic carbocycles. The van der Waals surface area contributed by atoms with Crippen LogP contribution in [0.15, 0.2) is 12.1 Å². The van der Waals surface area contributed by atoms with E-state index in [4.69, 9.17) is 4.74 Å². The molecule has 0 saturated heterocycles. The van der Waals surface area contributed by atoms with Gasteiger partial charge < -0.3 is 9.84 Å². The van der Waals surface area contributed by atoms with Crippen molar-refractivity contribution in [3.05, 3.63) is 23.3 Å². The van der Waals surface area contributed by atoms with Crippen LogP contribution in [0.5, 0.6) is 11.5 Å². The van der Waals surface area contributed by atoms with Crippen molar-refractivity contribution in [2.75, 3.05) is 6.86 Å². The molecule has 0 aliphatic heterocycles. The minimum absolute atomic E-state index is 0.197. The van der Waals surface area contributed by atoms with Gasteiger partial charge in [-0.15, -0.1) is 0 Å². The van der Waals surface area contributed by atoms with E-state index in [0.29, 0.717) is 11.3 Å². The van der Waals surface area contributed by atoms with E-state index in [1.165, 1.54) is 0 Å². The minimum atomic E-state index is -0.843. The van der Waals surface area contributed by atoms with Gasteiger partial charge in [-0.3, -0.25) is 0 Å². The molecule has 0 amide bonds. The number of hydrogen-bond donors (Lipinski definition) is 1. The molecule has 0 radical (unpaired) electrons. The molecule has 1 aromatic rings. The summed E-state index contributed by atoms with van der Waals surface area (Å²) >= 11 is 0. The highest BCUT2D eigenvalue weighted by atomic mass is 19.1. The van der Waals surface area contributed by atoms with E-state index in [9.17, 15) is 9.50 Å². The van der Waals surface area contributed by atoms with Crippen molar-refractivity contribution in [2.45, 2.75) is 26.7 Å².